The van der Waals surface area contributed by atoms with Gasteiger partial charge in [-0.05, 0) is 49.5 Å². The third-order valence-corrected chi connectivity index (χ3v) is 3.54. The molecule has 28 heavy (non-hydrogen) atoms. The predicted octanol–water partition coefficient (Wildman–Crippen LogP) is 2.05. The van der Waals surface area contributed by atoms with Crippen molar-refractivity contribution in [2.24, 2.45) is 0 Å². The topological polar surface area (TPSA) is 99.8 Å². The zero-order valence-corrected chi connectivity index (χ0v) is 15.5. The molecule has 0 radical (unpaired) electrons. The summed E-state index contributed by atoms with van der Waals surface area (Å²) >= 11 is 0. The summed E-state index contributed by atoms with van der Waals surface area (Å²) in [6.45, 7) is -0.281. The first kappa shape index (κ1) is 20.8. The summed E-state index contributed by atoms with van der Waals surface area (Å²) in [5.41, 5.74) is 0.815. The van der Waals surface area contributed by atoms with Crippen LogP contribution in [0.5, 0.6) is 5.75 Å². The Balaban J connectivity index is 1.74. The second-order valence-corrected chi connectivity index (χ2v) is 5.96. The summed E-state index contributed by atoms with van der Waals surface area (Å²) in [4.78, 5) is 37.1. The maximum absolute atomic E-state index is 13.1. The lowest BCUT2D eigenvalue weighted by Gasteiger charge is -2.16. The van der Waals surface area contributed by atoms with E-state index in [2.05, 4.69) is 16.0 Å². The van der Waals surface area contributed by atoms with Crippen LogP contribution in [-0.2, 0) is 9.59 Å². The van der Waals surface area contributed by atoms with Crippen molar-refractivity contribution in [3.05, 3.63) is 54.3 Å². The number of halogens is 1. The number of benzene rings is 2. The van der Waals surface area contributed by atoms with Crippen molar-refractivity contribution in [3.8, 4) is 5.75 Å². The van der Waals surface area contributed by atoms with Gasteiger partial charge in [0.2, 0.25) is 11.8 Å². The number of carbonyl (C=O) groups excluding carboxylic acids is 3. The van der Waals surface area contributed by atoms with Gasteiger partial charge < -0.3 is 15.4 Å². The van der Waals surface area contributed by atoms with Gasteiger partial charge in [-0.25, -0.2) is 9.18 Å². The van der Waals surface area contributed by atoms with Crippen LogP contribution in [0.2, 0.25) is 0 Å². The number of amides is 4. The van der Waals surface area contributed by atoms with Gasteiger partial charge in [0.05, 0.1) is 20.2 Å². The van der Waals surface area contributed by atoms with Gasteiger partial charge in [-0.15, -0.1) is 0 Å². The molecule has 2 aromatic rings. The number of likely N-dealkylation sites (N-methyl/N-ethyl adjacent to an activating group) is 1. The second-order valence-electron chi connectivity index (χ2n) is 5.96. The van der Waals surface area contributed by atoms with Crippen LogP contribution in [0.15, 0.2) is 48.5 Å². The molecule has 4 amide bonds. The van der Waals surface area contributed by atoms with E-state index in [9.17, 15) is 18.8 Å². The van der Waals surface area contributed by atoms with Gasteiger partial charge in [-0.2, -0.15) is 0 Å². The number of anilines is 2. The number of imide groups is 1. The molecule has 2 aromatic carbocycles. The Kier molecular flexibility index (Phi) is 7.46. The van der Waals surface area contributed by atoms with Gasteiger partial charge in [0.25, 0.3) is 0 Å². The predicted molar refractivity (Wildman–Crippen MR) is 103 cm³/mol. The molecule has 0 atom stereocenters. The molecule has 9 heteroatoms. The summed E-state index contributed by atoms with van der Waals surface area (Å²) in [6, 6.07) is 11.4. The van der Waals surface area contributed by atoms with Crippen LogP contribution in [0.3, 0.4) is 0 Å². The molecule has 0 bridgehead atoms. The molecule has 2 rings (SSSR count). The molecule has 0 heterocycles. The Morgan fingerprint density at radius 3 is 2.29 bits per heavy atom. The Labute approximate surface area is 161 Å². The van der Waals surface area contributed by atoms with Gasteiger partial charge in [0.15, 0.2) is 0 Å². The zero-order valence-electron chi connectivity index (χ0n) is 15.5. The van der Waals surface area contributed by atoms with Gasteiger partial charge in [0.1, 0.15) is 11.6 Å². The fourth-order valence-corrected chi connectivity index (χ4v) is 2.32. The fourth-order valence-electron chi connectivity index (χ4n) is 2.32. The van der Waals surface area contributed by atoms with Crippen LogP contribution in [0, 0.1) is 5.82 Å². The van der Waals surface area contributed by atoms with E-state index < -0.39 is 23.7 Å². The highest BCUT2D eigenvalue weighted by atomic mass is 19.1. The molecule has 3 N–H and O–H groups in total. The van der Waals surface area contributed by atoms with Gasteiger partial charge in [-0.3, -0.25) is 19.8 Å². The normalized spacial score (nSPS) is 10.3. The lowest BCUT2D eigenvalue weighted by molar-refractivity contribution is -0.121. The number of methoxy groups -OCH3 is 1. The first-order chi connectivity index (χ1) is 13.4. The summed E-state index contributed by atoms with van der Waals surface area (Å²) in [6.07, 6.45) is 0. The fraction of sp³-hybridized carbons (Fsp3) is 0.211. The van der Waals surface area contributed by atoms with Crippen molar-refractivity contribution in [2.75, 3.05) is 37.9 Å². The van der Waals surface area contributed by atoms with Crippen LogP contribution in [0.4, 0.5) is 20.6 Å². The van der Waals surface area contributed by atoms with E-state index in [-0.39, 0.29) is 13.1 Å². The van der Waals surface area contributed by atoms with Crippen molar-refractivity contribution in [3.63, 3.8) is 0 Å². The SMILES string of the molecule is COc1ccc(NC(=O)NC(=O)CN(C)CC(=O)Nc2cccc(F)c2)cc1. The highest BCUT2D eigenvalue weighted by Crippen LogP contribution is 2.14. The number of urea groups is 1. The van der Waals surface area contributed by atoms with Crippen molar-refractivity contribution in [1.82, 2.24) is 10.2 Å². The molecule has 0 saturated carbocycles. The van der Waals surface area contributed by atoms with Crippen LogP contribution < -0.4 is 20.7 Å². The summed E-state index contributed by atoms with van der Waals surface area (Å²) in [5.74, 6) is -0.816. The van der Waals surface area contributed by atoms with Crippen LogP contribution >= 0.6 is 0 Å². The number of hydrogen-bond acceptors (Lipinski definition) is 5. The Bertz CT molecular complexity index is 842. The van der Waals surface area contributed by atoms with Gasteiger partial charge >= 0.3 is 6.03 Å². The van der Waals surface area contributed by atoms with E-state index in [0.717, 1.165) is 0 Å². The number of rotatable bonds is 7. The minimum absolute atomic E-state index is 0.107. The largest absolute Gasteiger partial charge is 0.497 e. The standard InChI is InChI=1S/C19H21FN4O4/c1-24(11-17(25)21-15-5-3-4-13(20)10-15)12-18(26)23-19(27)22-14-6-8-16(28-2)9-7-14/h3-10H,11-12H2,1-2H3,(H,21,25)(H2,22,23,26,27). The third kappa shape index (κ3) is 7.04. The highest BCUT2D eigenvalue weighted by Gasteiger charge is 2.13. The average Bonchev–Trinajstić information content (AvgIpc) is 2.61. The molecule has 0 aliphatic carbocycles. The molecule has 148 valence electrons. The van der Waals surface area contributed by atoms with E-state index >= 15 is 0 Å². The van der Waals surface area contributed by atoms with E-state index in [1.165, 1.54) is 30.2 Å². The van der Waals surface area contributed by atoms with Gasteiger partial charge in [0, 0.05) is 11.4 Å². The third-order valence-electron chi connectivity index (χ3n) is 3.54. The molecule has 8 nitrogen and oxygen atoms in total. The summed E-state index contributed by atoms with van der Waals surface area (Å²) in [7, 11) is 3.08. The molecule has 0 aromatic heterocycles. The van der Waals surface area contributed by atoms with Crippen molar-refractivity contribution >= 4 is 29.2 Å². The minimum atomic E-state index is -0.687. The van der Waals surface area contributed by atoms with Gasteiger partial charge in [-0.1, -0.05) is 6.07 Å². The van der Waals surface area contributed by atoms with Crippen molar-refractivity contribution < 1.29 is 23.5 Å². The molecule has 0 spiro atoms. The Hall–Kier alpha value is -3.46. The van der Waals surface area contributed by atoms with Crippen molar-refractivity contribution in [1.29, 1.82) is 0 Å². The zero-order chi connectivity index (χ0) is 20.5. The first-order valence-electron chi connectivity index (χ1n) is 8.34. The molecule has 0 unspecified atom stereocenters. The summed E-state index contributed by atoms with van der Waals surface area (Å²) < 4.78 is 18.1. The maximum atomic E-state index is 13.1. The monoisotopic (exact) mass is 388 g/mol. The molecule has 0 aliphatic rings. The number of nitrogens with one attached hydrogen (secondary N) is 3. The summed E-state index contributed by atoms with van der Waals surface area (Å²) in [5, 5.41) is 7.22. The average molecular weight is 388 g/mol. The number of ether oxygens (including phenoxy) is 1. The Morgan fingerprint density at radius 1 is 0.964 bits per heavy atom. The molecular weight excluding hydrogens is 367 g/mol. The van der Waals surface area contributed by atoms with E-state index in [1.807, 2.05) is 0 Å². The molecule has 0 saturated heterocycles. The Morgan fingerprint density at radius 2 is 1.64 bits per heavy atom. The lowest BCUT2D eigenvalue weighted by Crippen LogP contribution is -2.42. The number of nitrogens with zero attached hydrogens (tertiary/aromatic N) is 1. The molecule has 0 aliphatic heterocycles. The second kappa shape index (κ2) is 10.0. The first-order valence-corrected chi connectivity index (χ1v) is 8.34. The van der Waals surface area contributed by atoms with Crippen LogP contribution in [0.25, 0.3) is 0 Å². The van der Waals surface area contributed by atoms with Crippen LogP contribution in [-0.4, -0.2) is 50.0 Å². The van der Waals surface area contributed by atoms with E-state index in [1.54, 1.807) is 37.4 Å². The smallest absolute Gasteiger partial charge is 0.325 e. The van der Waals surface area contributed by atoms with E-state index in [4.69, 9.17) is 4.74 Å². The minimum Gasteiger partial charge on any atom is -0.497 e. The molecule has 0 fully saturated rings. The van der Waals surface area contributed by atoms with Crippen molar-refractivity contribution in [2.45, 2.75) is 0 Å². The quantitative estimate of drug-likeness (QED) is 0.674. The number of carbonyl (C=O) groups is 3. The van der Waals surface area contributed by atoms with E-state index in [0.29, 0.717) is 17.1 Å². The number of hydrogen-bond donors (Lipinski definition) is 3. The maximum Gasteiger partial charge on any atom is 0.325 e. The molecular formula is C19H21FN4O4. The lowest BCUT2D eigenvalue weighted by atomic mass is 10.3. The highest BCUT2D eigenvalue weighted by molar-refractivity contribution is 6.02. The van der Waals surface area contributed by atoms with Crippen LogP contribution in [0.1, 0.15) is 0 Å².